The Morgan fingerprint density at radius 2 is 1.48 bits per heavy atom. The third-order valence-corrected chi connectivity index (χ3v) is 8.99. The lowest BCUT2D eigenvalue weighted by molar-refractivity contribution is -0.186. The van der Waals surface area contributed by atoms with Crippen molar-refractivity contribution in [2.24, 2.45) is 5.41 Å². The molecular weight excluding hydrogens is 699 g/mol. The lowest BCUT2D eigenvalue weighted by Crippen LogP contribution is -2.49. The van der Waals surface area contributed by atoms with Crippen LogP contribution in [0.3, 0.4) is 0 Å². The van der Waals surface area contributed by atoms with Crippen LogP contribution in [0.15, 0.2) is 77.6 Å². The molecule has 14 heteroatoms. The standard InChI is InChI=1S/C38H38F3N3O7S/c1-35(2,3)50-33(47)37(34(48)51-36(4,5)6,16-17-44-32(46)27-19-25(38(39,40)41)13-15-28(27)42-43-44)21-29(45)31-18-24-12-14-26(20-30(24)52-31)49-22-23-10-8-7-9-11-23/h7-15,18-20H,16-17,21-22H2,1-6H3. The lowest BCUT2D eigenvalue weighted by Gasteiger charge is -2.34. The number of carbonyl (C=O) groups is 3. The second-order valence-corrected chi connectivity index (χ2v) is 15.5. The van der Waals surface area contributed by atoms with E-state index in [0.717, 1.165) is 43.8 Å². The number of esters is 2. The van der Waals surface area contributed by atoms with Crippen LogP contribution in [0.2, 0.25) is 0 Å². The van der Waals surface area contributed by atoms with Gasteiger partial charge in [0.1, 0.15) is 29.1 Å². The quantitative estimate of drug-likeness (QED) is 0.0755. The number of ether oxygens (including phenoxy) is 3. The molecule has 0 aliphatic carbocycles. The zero-order valence-electron chi connectivity index (χ0n) is 29.5. The first kappa shape index (κ1) is 38.1. The second kappa shape index (κ2) is 14.5. The molecule has 0 spiro atoms. The van der Waals surface area contributed by atoms with Gasteiger partial charge in [-0.2, -0.15) is 13.2 Å². The molecule has 0 amide bonds. The maximum Gasteiger partial charge on any atom is 0.416 e. The largest absolute Gasteiger partial charge is 0.489 e. The normalized spacial score (nSPS) is 12.6. The molecule has 0 N–H and O–H groups in total. The molecule has 0 atom stereocenters. The van der Waals surface area contributed by atoms with Crippen molar-refractivity contribution in [3.63, 3.8) is 0 Å². The fraction of sp³-hybridized carbons (Fsp3) is 0.368. The van der Waals surface area contributed by atoms with Crippen LogP contribution in [-0.4, -0.2) is 43.9 Å². The Kier molecular flexibility index (Phi) is 10.6. The van der Waals surface area contributed by atoms with Gasteiger partial charge in [0.2, 0.25) is 0 Å². The van der Waals surface area contributed by atoms with Gasteiger partial charge in [0.15, 0.2) is 11.2 Å². The van der Waals surface area contributed by atoms with Gasteiger partial charge in [0.05, 0.1) is 15.8 Å². The fourth-order valence-electron chi connectivity index (χ4n) is 5.31. The van der Waals surface area contributed by atoms with E-state index in [2.05, 4.69) is 10.3 Å². The summed E-state index contributed by atoms with van der Waals surface area (Å²) in [6, 6.07) is 19.1. The van der Waals surface area contributed by atoms with E-state index in [1.54, 1.807) is 65.8 Å². The van der Waals surface area contributed by atoms with Crippen LogP contribution < -0.4 is 10.3 Å². The number of hydrogen-bond acceptors (Lipinski definition) is 10. The van der Waals surface area contributed by atoms with Gasteiger partial charge in [-0.1, -0.05) is 35.5 Å². The van der Waals surface area contributed by atoms with Gasteiger partial charge < -0.3 is 14.2 Å². The van der Waals surface area contributed by atoms with Crippen LogP contribution in [-0.2, 0) is 38.4 Å². The molecule has 2 heterocycles. The minimum atomic E-state index is -4.72. The van der Waals surface area contributed by atoms with Crippen molar-refractivity contribution in [3.05, 3.63) is 99.2 Å². The summed E-state index contributed by atoms with van der Waals surface area (Å²) in [6.07, 6.45) is -5.94. The summed E-state index contributed by atoms with van der Waals surface area (Å²) in [5.41, 5.74) is -5.58. The molecule has 2 aromatic heterocycles. The smallest absolute Gasteiger partial charge is 0.416 e. The highest BCUT2D eigenvalue weighted by Gasteiger charge is 2.52. The highest BCUT2D eigenvalue weighted by Crippen LogP contribution is 2.38. The van der Waals surface area contributed by atoms with E-state index in [9.17, 15) is 32.3 Å². The van der Waals surface area contributed by atoms with Crippen LogP contribution in [0.25, 0.3) is 21.0 Å². The maximum atomic E-state index is 14.1. The van der Waals surface area contributed by atoms with E-state index in [-0.39, 0.29) is 15.8 Å². The van der Waals surface area contributed by atoms with Gasteiger partial charge in [-0.05, 0) is 101 Å². The molecule has 3 aromatic carbocycles. The average Bonchev–Trinajstić information content (AvgIpc) is 3.48. The van der Waals surface area contributed by atoms with E-state index in [1.165, 1.54) is 0 Å². The van der Waals surface area contributed by atoms with Crippen molar-refractivity contribution in [1.82, 2.24) is 15.0 Å². The summed E-state index contributed by atoms with van der Waals surface area (Å²) in [5, 5.41) is 8.10. The van der Waals surface area contributed by atoms with Crippen molar-refractivity contribution < 1.29 is 41.8 Å². The van der Waals surface area contributed by atoms with Crippen molar-refractivity contribution in [2.45, 2.75) is 84.9 Å². The summed E-state index contributed by atoms with van der Waals surface area (Å²) in [5.74, 6) is -2.13. The molecule has 0 saturated heterocycles. The van der Waals surface area contributed by atoms with Crippen molar-refractivity contribution in [3.8, 4) is 5.75 Å². The number of Topliss-reactive ketones (excluding diaryl/α,β-unsaturated/α-hetero) is 1. The molecule has 0 saturated carbocycles. The highest BCUT2D eigenvalue weighted by atomic mass is 32.1. The van der Waals surface area contributed by atoms with E-state index < -0.39 is 71.0 Å². The molecule has 274 valence electrons. The van der Waals surface area contributed by atoms with Crippen LogP contribution >= 0.6 is 11.3 Å². The zero-order valence-corrected chi connectivity index (χ0v) is 30.3. The predicted molar refractivity (Wildman–Crippen MR) is 189 cm³/mol. The van der Waals surface area contributed by atoms with Gasteiger partial charge in [-0.3, -0.25) is 19.2 Å². The Morgan fingerprint density at radius 1 is 0.827 bits per heavy atom. The number of carbonyl (C=O) groups excluding carboxylic acids is 3. The first-order chi connectivity index (χ1) is 24.2. The number of alkyl halides is 3. The van der Waals surface area contributed by atoms with Crippen molar-refractivity contribution >= 4 is 50.0 Å². The molecule has 0 unspecified atom stereocenters. The third-order valence-electron chi connectivity index (χ3n) is 7.86. The minimum Gasteiger partial charge on any atom is -0.489 e. The molecule has 5 rings (SSSR count). The number of aryl methyl sites for hydroxylation is 1. The summed E-state index contributed by atoms with van der Waals surface area (Å²) in [7, 11) is 0. The van der Waals surface area contributed by atoms with E-state index in [0.29, 0.717) is 18.4 Å². The van der Waals surface area contributed by atoms with Crippen LogP contribution in [0.4, 0.5) is 13.2 Å². The first-order valence-corrected chi connectivity index (χ1v) is 17.2. The average molecular weight is 738 g/mol. The van der Waals surface area contributed by atoms with Crippen LogP contribution in [0, 0.1) is 5.41 Å². The van der Waals surface area contributed by atoms with E-state index >= 15 is 0 Å². The second-order valence-electron chi connectivity index (χ2n) is 14.4. The molecule has 52 heavy (non-hydrogen) atoms. The Morgan fingerprint density at radius 3 is 2.10 bits per heavy atom. The van der Waals surface area contributed by atoms with Crippen LogP contribution in [0.1, 0.15) is 75.2 Å². The van der Waals surface area contributed by atoms with Crippen LogP contribution in [0.5, 0.6) is 5.75 Å². The molecule has 0 fully saturated rings. The zero-order chi connectivity index (χ0) is 38.1. The Bertz CT molecular complexity index is 2150. The molecule has 0 bridgehead atoms. The summed E-state index contributed by atoms with van der Waals surface area (Å²) in [6.45, 7) is 9.40. The molecule has 0 radical (unpaired) electrons. The number of fused-ring (bicyclic) bond motifs is 2. The number of hydrogen-bond donors (Lipinski definition) is 0. The van der Waals surface area contributed by atoms with Gasteiger partial charge in [0, 0.05) is 17.7 Å². The Labute approximate surface area is 301 Å². The van der Waals surface area contributed by atoms with E-state index in [1.807, 2.05) is 30.3 Å². The number of benzene rings is 3. The number of ketones is 1. The summed E-state index contributed by atoms with van der Waals surface area (Å²) in [4.78, 5) is 56.0. The molecular formula is C38H38F3N3O7S. The summed E-state index contributed by atoms with van der Waals surface area (Å²) < 4.78 is 59.2. The van der Waals surface area contributed by atoms with Gasteiger partial charge >= 0.3 is 18.1 Å². The van der Waals surface area contributed by atoms with Crippen molar-refractivity contribution in [1.29, 1.82) is 0 Å². The van der Waals surface area contributed by atoms with Gasteiger partial charge in [-0.15, -0.1) is 16.4 Å². The maximum absolute atomic E-state index is 14.1. The lowest BCUT2D eigenvalue weighted by atomic mass is 9.78. The predicted octanol–water partition coefficient (Wildman–Crippen LogP) is 7.94. The third kappa shape index (κ3) is 9.02. The number of halogens is 3. The first-order valence-electron chi connectivity index (χ1n) is 16.4. The SMILES string of the molecule is CC(C)(C)OC(=O)C(CCn1nnc2ccc(C(F)(F)F)cc2c1=O)(CC(=O)c1cc2ccc(OCc3ccccc3)cc2s1)C(=O)OC(C)(C)C. The molecule has 5 aromatic rings. The number of aromatic nitrogens is 3. The Hall–Kier alpha value is -5.11. The highest BCUT2D eigenvalue weighted by molar-refractivity contribution is 7.20. The minimum absolute atomic E-state index is 0.0756. The Balaban J connectivity index is 1.51. The molecule has 10 nitrogen and oxygen atoms in total. The molecule has 0 aliphatic rings. The summed E-state index contributed by atoms with van der Waals surface area (Å²) >= 11 is 1.15. The van der Waals surface area contributed by atoms with E-state index in [4.69, 9.17) is 14.2 Å². The van der Waals surface area contributed by atoms with Gasteiger partial charge in [-0.25, -0.2) is 4.68 Å². The fourth-order valence-corrected chi connectivity index (χ4v) is 6.34. The van der Waals surface area contributed by atoms with Crippen molar-refractivity contribution in [2.75, 3.05) is 0 Å². The van der Waals surface area contributed by atoms with Gasteiger partial charge in [0.25, 0.3) is 5.56 Å². The number of rotatable bonds is 11. The number of nitrogens with zero attached hydrogens (tertiary/aromatic N) is 3. The number of thiophene rings is 1. The topological polar surface area (TPSA) is 127 Å². The monoisotopic (exact) mass is 737 g/mol. The molecule has 0 aliphatic heterocycles.